The summed E-state index contributed by atoms with van der Waals surface area (Å²) in [5.41, 5.74) is 5.39. The fraction of sp³-hybridized carbons (Fsp3) is 0.207. The van der Waals surface area contributed by atoms with Gasteiger partial charge >= 0.3 is 11.9 Å². The smallest absolute Gasteiger partial charge is 0.338 e. The summed E-state index contributed by atoms with van der Waals surface area (Å²) in [7, 11) is 0. The number of aromatic carboxylic acids is 2. The summed E-state index contributed by atoms with van der Waals surface area (Å²) in [5, 5.41) is 30.9. The number of benzene rings is 8. The fourth-order valence-corrected chi connectivity index (χ4v) is 9.81. The average Bonchev–Trinajstić information content (AvgIpc) is 3.36. The van der Waals surface area contributed by atoms with E-state index < -0.39 is 23.6 Å². The van der Waals surface area contributed by atoms with Crippen LogP contribution < -0.4 is 20.1 Å². The summed E-state index contributed by atoms with van der Waals surface area (Å²) in [5.74, 6) is -2.57. The van der Waals surface area contributed by atoms with Gasteiger partial charge in [-0.05, 0) is 107 Å². The van der Waals surface area contributed by atoms with Crippen LogP contribution in [0.2, 0.25) is 0 Å². The lowest BCUT2D eigenvalue weighted by atomic mass is 9.83. The van der Waals surface area contributed by atoms with E-state index in [0.29, 0.717) is 25.9 Å². The first-order valence-corrected chi connectivity index (χ1v) is 23.0. The molecule has 0 saturated heterocycles. The molecule has 0 spiro atoms. The van der Waals surface area contributed by atoms with Crippen LogP contribution in [-0.4, -0.2) is 47.4 Å². The van der Waals surface area contributed by atoms with Gasteiger partial charge in [0.2, 0.25) is 0 Å². The van der Waals surface area contributed by atoms with Crippen LogP contribution >= 0.6 is 24.8 Å². The van der Waals surface area contributed by atoms with Gasteiger partial charge in [-0.15, -0.1) is 24.8 Å². The number of para-hydroxylation sites is 2. The maximum Gasteiger partial charge on any atom is 0.338 e. The molecule has 0 fully saturated rings. The van der Waals surface area contributed by atoms with Crippen LogP contribution in [0.15, 0.2) is 170 Å². The first kappa shape index (κ1) is 51.0. The lowest BCUT2D eigenvalue weighted by Gasteiger charge is -2.33. The Hall–Kier alpha value is -6.82. The normalized spacial score (nSPS) is 17.7. The van der Waals surface area contributed by atoms with E-state index >= 15 is 0 Å². The molecule has 6 atom stereocenters. The molecule has 0 bridgehead atoms. The predicted octanol–water partition coefficient (Wildman–Crippen LogP) is 13.5. The van der Waals surface area contributed by atoms with E-state index in [9.17, 15) is 28.6 Å². The number of hydrogen-bond acceptors (Lipinski definition) is 6. The van der Waals surface area contributed by atoms with Crippen LogP contribution in [0.1, 0.15) is 105 Å². The molecule has 12 heteroatoms. The number of nitrogens with one attached hydrogen (secondary N) is 2. The second kappa shape index (κ2) is 22.7. The Morgan fingerprint density at radius 1 is 0.529 bits per heavy atom. The minimum absolute atomic E-state index is 0. The van der Waals surface area contributed by atoms with Crippen molar-refractivity contribution in [1.82, 2.24) is 10.6 Å². The van der Waals surface area contributed by atoms with Gasteiger partial charge in [0.25, 0.3) is 0 Å². The van der Waals surface area contributed by atoms with E-state index in [1.807, 2.05) is 60.7 Å². The quantitative estimate of drug-likeness (QED) is 0.0956. The molecular formula is C58H54Cl2F2N2O6. The van der Waals surface area contributed by atoms with Gasteiger partial charge in [-0.3, -0.25) is 0 Å². The Kier molecular flexibility index (Phi) is 16.6. The molecule has 0 aliphatic carbocycles. The van der Waals surface area contributed by atoms with Gasteiger partial charge in [-0.1, -0.05) is 133 Å². The molecule has 0 unspecified atom stereocenters. The van der Waals surface area contributed by atoms with Crippen molar-refractivity contribution >= 4 is 58.3 Å². The van der Waals surface area contributed by atoms with Crippen molar-refractivity contribution in [2.24, 2.45) is 0 Å². The van der Waals surface area contributed by atoms with Crippen LogP contribution in [0.5, 0.6) is 11.5 Å². The Labute approximate surface area is 418 Å². The maximum atomic E-state index is 14.0. The number of carboxylic acids is 2. The number of carboxylic acid groups (broad SMARTS) is 2. The second-order valence-electron chi connectivity index (χ2n) is 17.6. The van der Waals surface area contributed by atoms with Gasteiger partial charge in [-0.25, -0.2) is 18.4 Å². The fourth-order valence-electron chi connectivity index (χ4n) is 9.81. The summed E-state index contributed by atoms with van der Waals surface area (Å²) < 4.78 is 40.7. The zero-order valence-electron chi connectivity index (χ0n) is 38.6. The Balaban J connectivity index is 0.000000201. The van der Waals surface area contributed by atoms with Crippen molar-refractivity contribution in [2.75, 3.05) is 13.1 Å². The van der Waals surface area contributed by atoms with Crippen molar-refractivity contribution < 1.29 is 38.1 Å². The molecule has 0 amide bonds. The first-order valence-electron chi connectivity index (χ1n) is 23.0. The minimum Gasteiger partial charge on any atom is -0.489 e. The molecule has 2 aliphatic heterocycles. The molecule has 10 rings (SSSR count). The number of hydrogen-bond donors (Lipinski definition) is 4. The average molecular weight is 984 g/mol. The van der Waals surface area contributed by atoms with Gasteiger partial charge < -0.3 is 30.3 Å². The Morgan fingerprint density at radius 3 is 1.31 bits per heavy atom. The first-order chi connectivity index (χ1) is 33.0. The standard InChI is InChI=1S/2C29H26FNO3.2ClH/c2*1-18(22-11-6-8-19-7-2-3-9-23(19)22)31-17-21-16-25(24-10-4-5-12-28(24)34-21)20-13-14-27(30)26(15-20)29(32)33;;/h2*2-15,18,21,25,31H,16-17H2,1H3,(H,32,33);2*1H/t18-,21-,25+;18-,21-,25-;;/m11../s1. The van der Waals surface area contributed by atoms with E-state index in [0.717, 1.165) is 33.8 Å². The van der Waals surface area contributed by atoms with Crippen LogP contribution in [0.3, 0.4) is 0 Å². The SMILES string of the molecule is C[C@@H](NC[C@H]1C[C@@H](c2ccc(F)c(C(=O)O)c2)c2ccccc2O1)c1cccc2ccccc12.C[C@@H](NC[C@H]1C[C@H](c2ccc(F)c(C(=O)O)c2)c2ccccc2O1)c1cccc2ccccc12.Cl.Cl. The zero-order chi connectivity index (χ0) is 47.3. The number of carbonyl (C=O) groups is 2. The number of halogens is 4. The van der Waals surface area contributed by atoms with E-state index in [1.54, 1.807) is 12.1 Å². The molecular weight excluding hydrogens is 930 g/mol. The third-order valence-electron chi connectivity index (χ3n) is 13.3. The number of ether oxygens (including phenoxy) is 2. The molecule has 0 radical (unpaired) electrons. The van der Waals surface area contributed by atoms with E-state index in [1.165, 1.54) is 56.9 Å². The number of rotatable bonds is 12. The van der Waals surface area contributed by atoms with Gasteiger partial charge in [0.15, 0.2) is 0 Å². The Bertz CT molecular complexity index is 2920. The van der Waals surface area contributed by atoms with Crippen LogP contribution in [-0.2, 0) is 0 Å². The van der Waals surface area contributed by atoms with Crippen molar-refractivity contribution in [3.05, 3.63) is 226 Å². The molecule has 360 valence electrons. The second-order valence-corrected chi connectivity index (χ2v) is 17.6. The van der Waals surface area contributed by atoms with Crippen molar-refractivity contribution in [2.45, 2.75) is 62.8 Å². The van der Waals surface area contributed by atoms with Crippen molar-refractivity contribution in [1.29, 1.82) is 0 Å². The molecule has 70 heavy (non-hydrogen) atoms. The molecule has 4 N–H and O–H groups in total. The predicted molar refractivity (Wildman–Crippen MR) is 277 cm³/mol. The molecule has 8 aromatic rings. The summed E-state index contributed by atoms with van der Waals surface area (Å²) in [6.45, 7) is 5.55. The highest BCUT2D eigenvalue weighted by Gasteiger charge is 2.32. The largest absolute Gasteiger partial charge is 0.489 e. The van der Waals surface area contributed by atoms with E-state index in [-0.39, 0.29) is 72.1 Å². The highest BCUT2D eigenvalue weighted by atomic mass is 35.5. The van der Waals surface area contributed by atoms with Crippen molar-refractivity contribution in [3.8, 4) is 11.5 Å². The van der Waals surface area contributed by atoms with Crippen LogP contribution in [0.25, 0.3) is 21.5 Å². The minimum atomic E-state index is -1.26. The molecule has 8 nitrogen and oxygen atoms in total. The monoisotopic (exact) mass is 982 g/mol. The summed E-state index contributed by atoms with van der Waals surface area (Å²) in [6, 6.07) is 54.0. The zero-order valence-corrected chi connectivity index (χ0v) is 40.2. The van der Waals surface area contributed by atoms with E-state index in [2.05, 4.69) is 97.3 Å². The molecule has 2 aliphatic rings. The van der Waals surface area contributed by atoms with Crippen LogP contribution in [0.4, 0.5) is 8.78 Å². The summed E-state index contributed by atoms with van der Waals surface area (Å²) in [4.78, 5) is 23.0. The third kappa shape index (κ3) is 11.1. The highest BCUT2D eigenvalue weighted by Crippen LogP contribution is 2.42. The van der Waals surface area contributed by atoms with Gasteiger partial charge in [0.1, 0.15) is 35.3 Å². The van der Waals surface area contributed by atoms with Crippen molar-refractivity contribution in [3.63, 3.8) is 0 Å². The van der Waals surface area contributed by atoms with Crippen LogP contribution in [0, 0.1) is 11.6 Å². The molecule has 0 aromatic heterocycles. The molecule has 2 heterocycles. The van der Waals surface area contributed by atoms with E-state index in [4.69, 9.17) is 9.47 Å². The molecule has 0 saturated carbocycles. The topological polar surface area (TPSA) is 117 Å². The lowest BCUT2D eigenvalue weighted by molar-refractivity contribution is 0.0680. The number of fused-ring (bicyclic) bond motifs is 4. The summed E-state index contributed by atoms with van der Waals surface area (Å²) in [6.07, 6.45) is 1.10. The lowest BCUT2D eigenvalue weighted by Crippen LogP contribution is -2.37. The van der Waals surface area contributed by atoms with Gasteiger partial charge in [0.05, 0.1) is 11.1 Å². The Morgan fingerprint density at radius 2 is 0.900 bits per heavy atom. The summed E-state index contributed by atoms with van der Waals surface area (Å²) >= 11 is 0. The molecule has 8 aromatic carbocycles. The maximum absolute atomic E-state index is 14.0. The van der Waals surface area contributed by atoms with Gasteiger partial charge in [0, 0.05) is 48.1 Å². The third-order valence-corrected chi connectivity index (χ3v) is 13.3. The highest BCUT2D eigenvalue weighted by molar-refractivity contribution is 5.89. The van der Waals surface area contributed by atoms with Gasteiger partial charge in [-0.2, -0.15) is 0 Å².